The Balaban J connectivity index is 3.28. The van der Waals surface area contributed by atoms with Crippen molar-refractivity contribution in [2.75, 3.05) is 13.1 Å². The lowest BCUT2D eigenvalue weighted by atomic mass is 10.4. The van der Waals surface area contributed by atoms with Crippen LogP contribution in [0.3, 0.4) is 0 Å². The fourth-order valence-electron chi connectivity index (χ4n) is 1.34. The molecule has 0 unspecified atom stereocenters. The zero-order chi connectivity index (χ0) is 13.8. The second-order valence-electron chi connectivity index (χ2n) is 3.29. The van der Waals surface area contributed by atoms with Gasteiger partial charge in [-0.15, -0.1) is 0 Å². The highest BCUT2D eigenvalue weighted by molar-refractivity contribution is 7.89. The van der Waals surface area contributed by atoms with E-state index in [1.54, 1.807) is 6.07 Å². The summed E-state index contributed by atoms with van der Waals surface area (Å²) in [6.45, 7) is 0.857. The van der Waals surface area contributed by atoms with Gasteiger partial charge in [0.2, 0.25) is 10.0 Å². The first kappa shape index (κ1) is 14.1. The second kappa shape index (κ2) is 5.57. The lowest BCUT2D eigenvalue weighted by molar-refractivity contribution is -0.137. The molecule has 1 heterocycles. The van der Waals surface area contributed by atoms with Gasteiger partial charge in [0, 0.05) is 12.7 Å². The van der Waals surface area contributed by atoms with Gasteiger partial charge in [-0.3, -0.25) is 4.79 Å². The molecule has 0 saturated heterocycles. The maximum absolute atomic E-state index is 12.2. The Kier molecular flexibility index (Phi) is 4.36. The predicted molar refractivity (Wildman–Crippen MR) is 61.0 cm³/mol. The maximum atomic E-state index is 12.2. The first-order valence-electron chi connectivity index (χ1n) is 5.00. The van der Waals surface area contributed by atoms with Gasteiger partial charge in [-0.25, -0.2) is 13.4 Å². The zero-order valence-corrected chi connectivity index (χ0v) is 10.4. The van der Waals surface area contributed by atoms with E-state index in [2.05, 4.69) is 4.98 Å². The van der Waals surface area contributed by atoms with E-state index in [1.165, 1.54) is 25.3 Å². The molecule has 18 heavy (non-hydrogen) atoms. The standard InChI is InChI=1S/C10H11N3O4S/c1-2-13(7-10(14)15)18(16,17)9-4-3-5-12-8(9)6-11/h3-5H,2,7H2,1H3,(H,14,15). The quantitative estimate of drug-likeness (QED) is 0.808. The number of aromatic nitrogens is 1. The normalized spacial score (nSPS) is 11.2. The third-order valence-electron chi connectivity index (χ3n) is 2.16. The molecule has 1 aromatic heterocycles. The van der Waals surface area contributed by atoms with Gasteiger partial charge in [-0.05, 0) is 12.1 Å². The van der Waals surface area contributed by atoms with E-state index in [0.717, 1.165) is 4.31 Å². The third-order valence-corrected chi connectivity index (χ3v) is 4.11. The fraction of sp³-hybridized carbons (Fsp3) is 0.300. The van der Waals surface area contributed by atoms with Gasteiger partial charge in [0.25, 0.3) is 0 Å². The molecule has 0 aliphatic carbocycles. The molecular formula is C10H11N3O4S. The minimum atomic E-state index is -4.02. The molecular weight excluding hydrogens is 258 g/mol. The number of nitrogens with zero attached hydrogens (tertiary/aromatic N) is 3. The molecule has 8 heteroatoms. The van der Waals surface area contributed by atoms with Crippen LogP contribution < -0.4 is 0 Å². The van der Waals surface area contributed by atoms with E-state index >= 15 is 0 Å². The number of carbonyl (C=O) groups is 1. The number of rotatable bonds is 5. The highest BCUT2D eigenvalue weighted by Gasteiger charge is 2.27. The summed E-state index contributed by atoms with van der Waals surface area (Å²) in [5.74, 6) is -1.26. The number of hydrogen-bond donors (Lipinski definition) is 1. The minimum absolute atomic E-state index is 0.00556. The lowest BCUT2D eigenvalue weighted by Gasteiger charge is -2.18. The van der Waals surface area contributed by atoms with Crippen LogP contribution in [-0.2, 0) is 14.8 Å². The largest absolute Gasteiger partial charge is 0.480 e. The van der Waals surface area contributed by atoms with E-state index in [1.807, 2.05) is 0 Å². The number of likely N-dealkylation sites (N-methyl/N-ethyl adjacent to an activating group) is 1. The zero-order valence-electron chi connectivity index (χ0n) is 9.57. The number of sulfonamides is 1. The van der Waals surface area contributed by atoms with Gasteiger partial charge >= 0.3 is 5.97 Å². The summed E-state index contributed by atoms with van der Waals surface area (Å²) in [6.07, 6.45) is 1.30. The van der Waals surface area contributed by atoms with Gasteiger partial charge in [-0.1, -0.05) is 6.92 Å². The van der Waals surface area contributed by atoms with Crippen LogP contribution >= 0.6 is 0 Å². The first-order valence-corrected chi connectivity index (χ1v) is 6.44. The molecule has 7 nitrogen and oxygen atoms in total. The van der Waals surface area contributed by atoms with Crippen LogP contribution in [0.5, 0.6) is 0 Å². The smallest absolute Gasteiger partial charge is 0.318 e. The highest BCUT2D eigenvalue weighted by atomic mass is 32.2. The second-order valence-corrected chi connectivity index (χ2v) is 5.19. The van der Waals surface area contributed by atoms with Gasteiger partial charge < -0.3 is 5.11 Å². The van der Waals surface area contributed by atoms with E-state index in [4.69, 9.17) is 10.4 Å². The summed E-state index contributed by atoms with van der Waals surface area (Å²) in [5.41, 5.74) is -0.249. The van der Waals surface area contributed by atoms with E-state index in [-0.39, 0.29) is 17.1 Å². The molecule has 0 atom stereocenters. The number of carboxylic acid groups (broad SMARTS) is 1. The Bertz CT molecular complexity index is 591. The molecule has 0 bridgehead atoms. The van der Waals surface area contributed by atoms with Crippen LogP contribution in [0, 0.1) is 11.3 Å². The molecule has 0 aliphatic rings. The topological polar surface area (TPSA) is 111 Å². The summed E-state index contributed by atoms with van der Waals surface area (Å²) in [4.78, 5) is 14.0. The van der Waals surface area contributed by atoms with Gasteiger partial charge in [0.15, 0.2) is 5.69 Å². The lowest BCUT2D eigenvalue weighted by Crippen LogP contribution is -2.35. The minimum Gasteiger partial charge on any atom is -0.480 e. The Morgan fingerprint density at radius 3 is 2.78 bits per heavy atom. The number of pyridine rings is 1. The van der Waals surface area contributed by atoms with Crippen molar-refractivity contribution in [1.29, 1.82) is 5.26 Å². The van der Waals surface area contributed by atoms with Crippen LogP contribution in [0.1, 0.15) is 12.6 Å². The van der Waals surface area contributed by atoms with Crippen molar-refractivity contribution in [3.05, 3.63) is 24.0 Å². The van der Waals surface area contributed by atoms with Crippen molar-refractivity contribution in [1.82, 2.24) is 9.29 Å². The van der Waals surface area contributed by atoms with Crippen LogP contribution in [0.25, 0.3) is 0 Å². The predicted octanol–water partition coefficient (Wildman–Crippen LogP) is 0.0485. The number of nitriles is 1. The first-order chi connectivity index (χ1) is 8.43. The monoisotopic (exact) mass is 269 g/mol. The van der Waals surface area contributed by atoms with Crippen LogP contribution in [0.15, 0.2) is 23.2 Å². The number of hydrogen-bond acceptors (Lipinski definition) is 5. The average molecular weight is 269 g/mol. The van der Waals surface area contributed by atoms with Gasteiger partial charge in [0.05, 0.1) is 0 Å². The molecule has 0 spiro atoms. The summed E-state index contributed by atoms with van der Waals surface area (Å²) in [5, 5.41) is 17.5. The molecule has 0 radical (unpaired) electrons. The maximum Gasteiger partial charge on any atom is 0.318 e. The third kappa shape index (κ3) is 2.82. The van der Waals surface area contributed by atoms with Crippen molar-refractivity contribution in [3.63, 3.8) is 0 Å². The van der Waals surface area contributed by atoms with Crippen molar-refractivity contribution in [2.24, 2.45) is 0 Å². The molecule has 0 saturated carbocycles. The molecule has 1 rings (SSSR count). The highest BCUT2D eigenvalue weighted by Crippen LogP contribution is 2.17. The Morgan fingerprint density at radius 1 is 1.61 bits per heavy atom. The van der Waals surface area contributed by atoms with Crippen LogP contribution in [0.2, 0.25) is 0 Å². The Hall–Kier alpha value is -1.98. The van der Waals surface area contributed by atoms with E-state index in [9.17, 15) is 13.2 Å². The van der Waals surface area contributed by atoms with Crippen LogP contribution in [-0.4, -0.2) is 41.9 Å². The van der Waals surface area contributed by atoms with Gasteiger partial charge in [0.1, 0.15) is 17.5 Å². The summed E-state index contributed by atoms with van der Waals surface area (Å²) in [7, 11) is -4.02. The average Bonchev–Trinajstić information content (AvgIpc) is 2.35. The Labute approximate surface area is 104 Å². The molecule has 96 valence electrons. The molecule has 1 N–H and O–H groups in total. The fourth-order valence-corrected chi connectivity index (χ4v) is 2.83. The summed E-state index contributed by atoms with van der Waals surface area (Å²) in [6, 6.07) is 4.27. The summed E-state index contributed by atoms with van der Waals surface area (Å²) < 4.78 is 25.1. The van der Waals surface area contributed by atoms with Crippen molar-refractivity contribution in [3.8, 4) is 6.07 Å². The van der Waals surface area contributed by atoms with Crippen molar-refractivity contribution < 1.29 is 18.3 Å². The van der Waals surface area contributed by atoms with Crippen LogP contribution in [0.4, 0.5) is 0 Å². The van der Waals surface area contributed by atoms with E-state index < -0.39 is 22.5 Å². The van der Waals surface area contributed by atoms with E-state index in [0.29, 0.717) is 0 Å². The molecule has 0 aromatic carbocycles. The SMILES string of the molecule is CCN(CC(=O)O)S(=O)(=O)c1cccnc1C#N. The Morgan fingerprint density at radius 2 is 2.28 bits per heavy atom. The number of carboxylic acids is 1. The van der Waals surface area contributed by atoms with Crippen molar-refractivity contribution in [2.45, 2.75) is 11.8 Å². The van der Waals surface area contributed by atoms with Crippen molar-refractivity contribution >= 4 is 16.0 Å². The molecule has 0 aliphatic heterocycles. The molecule has 0 amide bonds. The van der Waals surface area contributed by atoms with Gasteiger partial charge in [-0.2, -0.15) is 9.57 Å². The molecule has 1 aromatic rings. The molecule has 0 fully saturated rings. The summed E-state index contributed by atoms with van der Waals surface area (Å²) >= 11 is 0. The number of aliphatic carboxylic acids is 1.